The van der Waals surface area contributed by atoms with Crippen molar-refractivity contribution in [2.24, 2.45) is 23.7 Å². The Morgan fingerprint density at radius 3 is 2.21 bits per heavy atom. The number of ketones is 1. The zero-order valence-corrected chi connectivity index (χ0v) is 30.6. The summed E-state index contributed by atoms with van der Waals surface area (Å²) in [7, 11) is 3.34. The number of ether oxygens (including phenoxy) is 6. The number of carbonyl (C=O) groups is 2. The van der Waals surface area contributed by atoms with Gasteiger partial charge < -0.3 is 54.2 Å². The van der Waals surface area contributed by atoms with Crippen molar-refractivity contribution in [1.29, 1.82) is 0 Å². The molecule has 0 aliphatic carbocycles. The molecule has 5 N–H and O–H groups in total. The van der Waals surface area contributed by atoms with E-state index in [4.69, 9.17) is 28.4 Å². The van der Waals surface area contributed by atoms with E-state index in [9.17, 15) is 30.0 Å². The molecule has 48 heavy (non-hydrogen) atoms. The van der Waals surface area contributed by atoms with Crippen molar-refractivity contribution in [3.8, 4) is 0 Å². The zero-order chi connectivity index (χ0) is 36.1. The molecule has 17 atom stereocenters. The number of Topliss-reactive ketones (excluding diaryl/α,β-unsaturated/α-hetero) is 1. The third-order valence-electron chi connectivity index (χ3n) is 11.7. The van der Waals surface area contributed by atoms with E-state index >= 15 is 0 Å². The van der Waals surface area contributed by atoms with Crippen LogP contribution in [0.2, 0.25) is 0 Å². The fourth-order valence-corrected chi connectivity index (χ4v) is 8.79. The molecule has 1 spiro atoms. The van der Waals surface area contributed by atoms with Gasteiger partial charge in [0.05, 0.1) is 41.7 Å². The van der Waals surface area contributed by atoms with Crippen LogP contribution < -0.4 is 5.32 Å². The van der Waals surface area contributed by atoms with E-state index in [1.54, 1.807) is 34.6 Å². The maximum absolute atomic E-state index is 14.4. The number of cyclic esters (lactones) is 1. The standard InChI is InChI=1S/C35H61NO12/c1-12-23-34(9,42)28(38)19(4)26(37)17(2)15-32(7,41)30(46-24-14-22(36-10)13-18(3)44-24)20(5)27-25(31(40)45-23)35(48-27)16-33(8,43-11)29(39)21(6)47-35/h17-25,27-30,36,38-39,41-42H,12-16H2,1-11H3/t17-,18?,19+,20+,21?,22?,23-,24?,25-,27+,28-,29?,30-,32+,33?,34-,35?/m1/s1. The Labute approximate surface area is 285 Å². The van der Waals surface area contributed by atoms with Crippen LogP contribution in [-0.4, -0.2) is 124 Å². The molecule has 4 fully saturated rings. The Kier molecular flexibility index (Phi) is 11.9. The molecular weight excluding hydrogens is 626 g/mol. The minimum atomic E-state index is -1.99. The first-order valence-electron chi connectivity index (χ1n) is 17.6. The first kappa shape index (κ1) is 39.5. The average Bonchev–Trinajstić information content (AvgIpc) is 3.01. The van der Waals surface area contributed by atoms with Crippen LogP contribution in [0.1, 0.15) is 94.4 Å². The smallest absolute Gasteiger partial charge is 0.317 e. The number of nitrogens with one attached hydrogen (secondary N) is 1. The molecule has 0 aromatic heterocycles. The Morgan fingerprint density at radius 1 is 0.979 bits per heavy atom. The summed E-state index contributed by atoms with van der Waals surface area (Å²) in [5.41, 5.74) is -4.78. The van der Waals surface area contributed by atoms with Gasteiger partial charge in [-0.05, 0) is 60.9 Å². The zero-order valence-electron chi connectivity index (χ0n) is 30.6. The van der Waals surface area contributed by atoms with Gasteiger partial charge in [-0.1, -0.05) is 27.7 Å². The van der Waals surface area contributed by atoms with Crippen molar-refractivity contribution in [3.05, 3.63) is 0 Å². The molecular formula is C35H61NO12. The number of carbonyl (C=O) groups excluding carboxylic acids is 2. The highest BCUT2D eigenvalue weighted by Crippen LogP contribution is 2.55. The molecule has 4 heterocycles. The summed E-state index contributed by atoms with van der Waals surface area (Å²) in [6.45, 7) is 15.0. The van der Waals surface area contributed by atoms with Gasteiger partial charge in [-0.2, -0.15) is 0 Å². The van der Waals surface area contributed by atoms with Crippen LogP contribution in [-0.2, 0) is 38.0 Å². The van der Waals surface area contributed by atoms with Gasteiger partial charge in [0.25, 0.3) is 0 Å². The van der Waals surface area contributed by atoms with Crippen molar-refractivity contribution < 1.29 is 58.4 Å². The van der Waals surface area contributed by atoms with Crippen LogP contribution in [0.4, 0.5) is 0 Å². The van der Waals surface area contributed by atoms with Crippen molar-refractivity contribution in [2.75, 3.05) is 14.2 Å². The van der Waals surface area contributed by atoms with E-state index in [0.29, 0.717) is 6.42 Å². The number of hydrogen-bond acceptors (Lipinski definition) is 13. The summed E-state index contributed by atoms with van der Waals surface area (Å²) in [5.74, 6) is -6.24. The van der Waals surface area contributed by atoms with Crippen molar-refractivity contribution in [2.45, 2.75) is 172 Å². The van der Waals surface area contributed by atoms with Crippen LogP contribution in [0.3, 0.4) is 0 Å². The second-order valence-electron chi connectivity index (χ2n) is 15.7. The van der Waals surface area contributed by atoms with Gasteiger partial charge in [0, 0.05) is 43.7 Å². The van der Waals surface area contributed by atoms with Gasteiger partial charge in [0.1, 0.15) is 29.5 Å². The predicted molar refractivity (Wildman–Crippen MR) is 174 cm³/mol. The minimum Gasteiger partial charge on any atom is -0.459 e. The number of aliphatic hydroxyl groups excluding tert-OH is 2. The van der Waals surface area contributed by atoms with Crippen LogP contribution in [0.5, 0.6) is 0 Å². The van der Waals surface area contributed by atoms with E-state index in [1.165, 1.54) is 21.0 Å². The van der Waals surface area contributed by atoms with Crippen LogP contribution in [0.25, 0.3) is 0 Å². The molecule has 0 amide bonds. The van der Waals surface area contributed by atoms with Gasteiger partial charge in [0.15, 0.2) is 12.1 Å². The fourth-order valence-electron chi connectivity index (χ4n) is 8.79. The Bertz CT molecular complexity index is 1150. The lowest BCUT2D eigenvalue weighted by molar-refractivity contribution is -0.440. The van der Waals surface area contributed by atoms with Gasteiger partial charge >= 0.3 is 5.97 Å². The van der Waals surface area contributed by atoms with Gasteiger partial charge in [-0.3, -0.25) is 9.59 Å². The third kappa shape index (κ3) is 7.24. The molecule has 7 unspecified atom stereocenters. The van der Waals surface area contributed by atoms with E-state index in [1.807, 2.05) is 20.9 Å². The molecule has 4 aliphatic heterocycles. The lowest BCUT2D eigenvalue weighted by Crippen LogP contribution is -2.75. The summed E-state index contributed by atoms with van der Waals surface area (Å²) in [6.07, 6.45) is -5.93. The second kappa shape index (κ2) is 14.4. The van der Waals surface area contributed by atoms with Crippen LogP contribution in [0.15, 0.2) is 0 Å². The lowest BCUT2D eigenvalue weighted by atomic mass is 9.68. The number of rotatable bonds is 5. The normalized spacial score (nSPS) is 52.6. The van der Waals surface area contributed by atoms with Gasteiger partial charge in [0.2, 0.25) is 0 Å². The SMILES string of the molecule is CC[C@H]1OC(=O)[C@H]2[C@@H](OC23CC(C)(OC)C(O)C(C)O3)[C@H](C)[C@@H](OC2CC(NC)CC(C)O2)[C@@](C)(O)C[C@@H](C)C(=O)[C@H](C)[C@@H](O)[C@]1(C)O. The van der Waals surface area contributed by atoms with Crippen molar-refractivity contribution in [3.63, 3.8) is 0 Å². The average molecular weight is 688 g/mol. The van der Waals surface area contributed by atoms with E-state index in [2.05, 4.69) is 5.32 Å². The third-order valence-corrected chi connectivity index (χ3v) is 11.7. The molecule has 0 aromatic rings. The molecule has 278 valence electrons. The summed E-state index contributed by atoms with van der Waals surface area (Å²) >= 11 is 0. The van der Waals surface area contributed by atoms with Gasteiger partial charge in [-0.25, -0.2) is 0 Å². The number of hydrogen-bond donors (Lipinski definition) is 5. The molecule has 0 saturated carbocycles. The van der Waals surface area contributed by atoms with Gasteiger partial charge in [-0.15, -0.1) is 0 Å². The number of methoxy groups -OCH3 is 1. The maximum Gasteiger partial charge on any atom is 0.317 e. The topological polar surface area (TPSA) is 182 Å². The van der Waals surface area contributed by atoms with E-state index in [-0.39, 0.29) is 37.2 Å². The molecule has 13 heteroatoms. The van der Waals surface area contributed by atoms with Crippen molar-refractivity contribution in [1.82, 2.24) is 5.32 Å². The Hall–Kier alpha value is -1.26. The number of aliphatic hydroxyl groups is 4. The predicted octanol–water partition coefficient (Wildman–Crippen LogP) is 1.84. The first-order chi connectivity index (χ1) is 22.2. The Balaban J connectivity index is 1.82. The molecule has 13 nitrogen and oxygen atoms in total. The highest BCUT2D eigenvalue weighted by Gasteiger charge is 2.70. The molecule has 4 aliphatic rings. The first-order valence-corrected chi connectivity index (χ1v) is 17.6. The molecule has 0 aromatic carbocycles. The monoisotopic (exact) mass is 687 g/mol. The largest absolute Gasteiger partial charge is 0.459 e. The Morgan fingerprint density at radius 2 is 1.62 bits per heavy atom. The molecule has 0 bridgehead atoms. The van der Waals surface area contributed by atoms with E-state index < -0.39 is 95.1 Å². The minimum absolute atomic E-state index is 0.0155. The highest BCUT2D eigenvalue weighted by molar-refractivity contribution is 5.83. The second-order valence-corrected chi connectivity index (χ2v) is 15.7. The van der Waals surface area contributed by atoms with Crippen LogP contribution in [0, 0.1) is 23.7 Å². The maximum atomic E-state index is 14.4. The van der Waals surface area contributed by atoms with E-state index in [0.717, 1.165) is 6.42 Å². The number of esters is 1. The lowest BCUT2D eigenvalue weighted by Gasteiger charge is -2.62. The fraction of sp³-hybridized carbons (Fsp3) is 0.943. The van der Waals surface area contributed by atoms with Crippen molar-refractivity contribution >= 4 is 11.8 Å². The summed E-state index contributed by atoms with van der Waals surface area (Å²) in [4.78, 5) is 28.1. The summed E-state index contributed by atoms with van der Waals surface area (Å²) < 4.78 is 37.5. The van der Waals surface area contributed by atoms with Crippen LogP contribution >= 0.6 is 0 Å². The molecule has 4 rings (SSSR count). The molecule has 0 radical (unpaired) electrons. The molecule has 4 saturated heterocycles. The highest BCUT2D eigenvalue weighted by atomic mass is 16.7. The summed E-state index contributed by atoms with van der Waals surface area (Å²) in [6, 6.07) is 0.111. The number of fused-ring (bicyclic) bond motifs is 2. The summed E-state index contributed by atoms with van der Waals surface area (Å²) in [5, 5.41) is 49.5. The quantitative estimate of drug-likeness (QED) is 0.264.